The molecule has 8 nitrogen and oxygen atoms in total. The fraction of sp³-hybridized carbons (Fsp3) is 0.533. The third-order valence-corrected chi connectivity index (χ3v) is 2.64. The summed E-state index contributed by atoms with van der Waals surface area (Å²) < 4.78 is 4.95. The molecule has 0 bridgehead atoms. The highest BCUT2D eigenvalue weighted by Gasteiger charge is 2.11. The summed E-state index contributed by atoms with van der Waals surface area (Å²) in [5.74, 6) is 0.986. The molecular weight excluding hydrogens is 298 g/mol. The number of carbonyl (C=O) groups excluding carboxylic acids is 1. The quantitative estimate of drug-likeness (QED) is 0.220. The van der Waals surface area contributed by atoms with E-state index >= 15 is 0 Å². The van der Waals surface area contributed by atoms with Crippen molar-refractivity contribution in [1.82, 2.24) is 10.4 Å². The van der Waals surface area contributed by atoms with Gasteiger partial charge in [-0.15, -0.1) is 0 Å². The molecule has 0 aliphatic carbocycles. The Morgan fingerprint density at radius 3 is 2.61 bits per heavy atom. The van der Waals surface area contributed by atoms with E-state index in [1.807, 2.05) is 6.92 Å². The predicted molar refractivity (Wildman–Crippen MR) is 92.3 cm³/mol. The van der Waals surface area contributed by atoms with Gasteiger partial charge >= 0.3 is 6.09 Å². The van der Waals surface area contributed by atoms with E-state index in [1.165, 1.54) is 0 Å². The van der Waals surface area contributed by atoms with Crippen molar-refractivity contribution in [1.29, 1.82) is 0 Å². The number of amides is 1. The van der Waals surface area contributed by atoms with Gasteiger partial charge in [0.05, 0.1) is 13.2 Å². The van der Waals surface area contributed by atoms with Crippen LogP contribution in [0.4, 0.5) is 4.79 Å². The third kappa shape index (κ3) is 9.30. The highest BCUT2D eigenvalue weighted by atomic mass is 16.6. The van der Waals surface area contributed by atoms with Gasteiger partial charge in [-0.25, -0.2) is 9.79 Å². The maximum atomic E-state index is 11.6. The van der Waals surface area contributed by atoms with Crippen molar-refractivity contribution in [2.24, 2.45) is 15.7 Å². The molecule has 23 heavy (non-hydrogen) atoms. The first-order valence-electron chi connectivity index (χ1n) is 7.40. The van der Waals surface area contributed by atoms with Gasteiger partial charge in [-0.05, 0) is 27.5 Å². The number of hydrogen-bond donors (Lipinski definition) is 2. The molecule has 3 N–H and O–H groups in total. The van der Waals surface area contributed by atoms with Gasteiger partial charge in [-0.1, -0.05) is 0 Å². The van der Waals surface area contributed by atoms with Gasteiger partial charge in [0, 0.05) is 38.0 Å². The lowest BCUT2D eigenvalue weighted by atomic mass is 10.3. The zero-order valence-electron chi connectivity index (χ0n) is 14.3. The molecule has 0 fully saturated rings. The number of allylic oxidation sites excluding steroid dienone is 2. The minimum atomic E-state index is -0.351. The van der Waals surface area contributed by atoms with Crippen LogP contribution in [-0.2, 0) is 9.57 Å². The Labute approximate surface area is 137 Å². The number of hydroxylamine groups is 1. The van der Waals surface area contributed by atoms with Gasteiger partial charge in [0.1, 0.15) is 11.6 Å². The van der Waals surface area contributed by atoms with Crippen LogP contribution in [0.1, 0.15) is 20.8 Å². The van der Waals surface area contributed by atoms with Gasteiger partial charge < -0.3 is 20.2 Å². The fourth-order valence-corrected chi connectivity index (χ4v) is 1.64. The first-order valence-corrected chi connectivity index (χ1v) is 7.40. The van der Waals surface area contributed by atoms with Crippen LogP contribution < -0.4 is 11.2 Å². The van der Waals surface area contributed by atoms with Crippen LogP contribution >= 0.6 is 0 Å². The van der Waals surface area contributed by atoms with Gasteiger partial charge in [0.2, 0.25) is 0 Å². The summed E-state index contributed by atoms with van der Waals surface area (Å²) in [7, 11) is 1.65. The Kier molecular flexibility index (Phi) is 11.0. The third-order valence-electron chi connectivity index (χ3n) is 2.64. The highest BCUT2D eigenvalue weighted by molar-refractivity contribution is 5.96. The number of rotatable bonds is 9. The van der Waals surface area contributed by atoms with Crippen molar-refractivity contribution in [2.45, 2.75) is 20.8 Å². The normalized spacial score (nSPS) is 12.8. The molecule has 0 radical (unpaired) electrons. The number of likely N-dealkylation sites (N-methyl/N-ethyl adjacent to an activating group) is 1. The van der Waals surface area contributed by atoms with Crippen LogP contribution in [0, 0.1) is 0 Å². The van der Waals surface area contributed by atoms with E-state index in [4.69, 9.17) is 15.3 Å². The fourth-order valence-electron chi connectivity index (χ4n) is 1.64. The zero-order chi connectivity index (χ0) is 17.7. The van der Waals surface area contributed by atoms with E-state index < -0.39 is 0 Å². The van der Waals surface area contributed by atoms with Gasteiger partial charge in [0.25, 0.3) is 0 Å². The molecule has 0 aliphatic rings. The van der Waals surface area contributed by atoms with Crippen LogP contribution in [0.15, 0.2) is 33.6 Å². The Morgan fingerprint density at radius 1 is 1.39 bits per heavy atom. The standard InChI is InChI=1S/C15H27N5O3/c1-6-20(15(21)22-7-2)9-8-19-14(17-4)11-13(16)10-12(3)23-18-5/h10-11,18H,4,6-9,16H2,1-3,5H3/b12-10+,13-11?,19-14?. The molecule has 1 amide bonds. The molecule has 0 aromatic carbocycles. The lowest BCUT2D eigenvalue weighted by Gasteiger charge is -2.18. The number of carbonyl (C=O) groups is 1. The van der Waals surface area contributed by atoms with E-state index in [-0.39, 0.29) is 6.09 Å². The van der Waals surface area contributed by atoms with Crippen LogP contribution in [0.25, 0.3) is 0 Å². The monoisotopic (exact) mass is 325 g/mol. The molecule has 0 spiro atoms. The SMILES string of the molecule is C=NC(C=C(N)/C=C(\C)ONC)=NCCN(CC)C(=O)OCC. The molecule has 0 rings (SSSR count). The Bertz CT molecular complexity index is 472. The number of nitrogens with one attached hydrogen (secondary N) is 1. The first-order chi connectivity index (χ1) is 11.0. The molecule has 0 atom stereocenters. The summed E-state index contributed by atoms with van der Waals surface area (Å²) in [4.78, 5) is 26.3. The summed E-state index contributed by atoms with van der Waals surface area (Å²) in [5.41, 5.74) is 8.83. The van der Waals surface area contributed by atoms with E-state index in [2.05, 4.69) is 22.2 Å². The summed E-state index contributed by atoms with van der Waals surface area (Å²) in [6, 6.07) is 0. The number of hydrogen-bond acceptors (Lipinski definition) is 6. The Hall–Kier alpha value is -2.35. The zero-order valence-corrected chi connectivity index (χ0v) is 14.3. The molecule has 8 heteroatoms. The van der Waals surface area contributed by atoms with E-state index in [1.54, 1.807) is 37.9 Å². The average molecular weight is 325 g/mol. The minimum absolute atomic E-state index is 0.345. The Morgan fingerprint density at radius 2 is 2.09 bits per heavy atom. The second-order valence-corrected chi connectivity index (χ2v) is 4.38. The smallest absolute Gasteiger partial charge is 0.409 e. The topological polar surface area (TPSA) is 102 Å². The molecule has 130 valence electrons. The Balaban J connectivity index is 4.72. The first kappa shape index (κ1) is 20.6. The second-order valence-electron chi connectivity index (χ2n) is 4.38. The van der Waals surface area contributed by atoms with Crippen LogP contribution in [0.2, 0.25) is 0 Å². The van der Waals surface area contributed by atoms with Gasteiger partial charge in [0.15, 0.2) is 0 Å². The van der Waals surface area contributed by atoms with Crippen molar-refractivity contribution in [2.75, 3.05) is 33.3 Å². The molecule has 0 heterocycles. The van der Waals surface area contributed by atoms with Crippen LogP contribution in [-0.4, -0.2) is 56.8 Å². The van der Waals surface area contributed by atoms with Crippen molar-refractivity contribution in [3.8, 4) is 0 Å². The van der Waals surface area contributed by atoms with Gasteiger partial charge in [-0.3, -0.25) is 4.99 Å². The number of ether oxygens (including phenoxy) is 1. The number of nitrogens with zero attached hydrogens (tertiary/aromatic N) is 3. The summed E-state index contributed by atoms with van der Waals surface area (Å²) in [5, 5.41) is 0. The summed E-state index contributed by atoms with van der Waals surface area (Å²) >= 11 is 0. The summed E-state index contributed by atoms with van der Waals surface area (Å²) in [6.07, 6.45) is 2.86. The van der Waals surface area contributed by atoms with E-state index in [0.29, 0.717) is 43.5 Å². The van der Waals surface area contributed by atoms with Crippen molar-refractivity contribution in [3.05, 3.63) is 23.6 Å². The lowest BCUT2D eigenvalue weighted by Crippen LogP contribution is -2.33. The largest absolute Gasteiger partial charge is 0.450 e. The number of aliphatic imine (C=N–C) groups is 2. The molecular formula is C15H27N5O3. The molecule has 0 aliphatic heterocycles. The van der Waals surface area contributed by atoms with E-state index in [9.17, 15) is 4.79 Å². The van der Waals surface area contributed by atoms with Crippen LogP contribution in [0.3, 0.4) is 0 Å². The van der Waals surface area contributed by atoms with Crippen molar-refractivity contribution < 1.29 is 14.4 Å². The molecule has 0 saturated heterocycles. The lowest BCUT2D eigenvalue weighted by molar-refractivity contribution is 0.110. The summed E-state index contributed by atoms with van der Waals surface area (Å²) in [6.45, 7) is 10.6. The second kappa shape index (κ2) is 12.2. The molecule has 0 saturated carbocycles. The van der Waals surface area contributed by atoms with Crippen molar-refractivity contribution >= 4 is 18.6 Å². The predicted octanol–water partition coefficient (Wildman–Crippen LogP) is 1.46. The number of amidine groups is 1. The maximum Gasteiger partial charge on any atom is 0.409 e. The molecule has 0 unspecified atom stereocenters. The minimum Gasteiger partial charge on any atom is -0.450 e. The van der Waals surface area contributed by atoms with Crippen LogP contribution in [0.5, 0.6) is 0 Å². The molecule has 0 aromatic rings. The maximum absolute atomic E-state index is 11.6. The average Bonchev–Trinajstić information content (AvgIpc) is 2.50. The highest BCUT2D eigenvalue weighted by Crippen LogP contribution is 1.99. The van der Waals surface area contributed by atoms with E-state index in [0.717, 1.165) is 0 Å². The van der Waals surface area contributed by atoms with Crippen molar-refractivity contribution in [3.63, 3.8) is 0 Å². The van der Waals surface area contributed by atoms with Gasteiger partial charge in [-0.2, -0.15) is 5.48 Å². The molecule has 0 aromatic heterocycles. The number of nitrogens with two attached hydrogens (primary N) is 1.